The number of benzene rings is 4. The molecule has 0 saturated carbocycles. The van der Waals surface area contributed by atoms with E-state index in [0.717, 1.165) is 16.7 Å². The second kappa shape index (κ2) is 14.7. The Balaban J connectivity index is 1.39. The van der Waals surface area contributed by atoms with Gasteiger partial charge in [-0.05, 0) is 22.8 Å². The third kappa shape index (κ3) is 8.00. The van der Waals surface area contributed by atoms with Crippen molar-refractivity contribution in [3.05, 3.63) is 142 Å². The molecule has 9 nitrogen and oxygen atoms in total. The molecule has 42 heavy (non-hydrogen) atoms. The van der Waals surface area contributed by atoms with Gasteiger partial charge in [0.25, 0.3) is 5.69 Å². The van der Waals surface area contributed by atoms with E-state index < -0.39 is 35.6 Å². The fourth-order valence-corrected chi connectivity index (χ4v) is 4.72. The van der Waals surface area contributed by atoms with Crippen LogP contribution in [-0.2, 0) is 38.8 Å². The maximum Gasteiger partial charge on any atom is 0.273 e. The Hall–Kier alpha value is -4.12. The maximum absolute atomic E-state index is 11.5. The number of non-ortho nitro benzene ring substituents is 1. The number of hydrogen-bond acceptors (Lipinski definition) is 8. The minimum absolute atomic E-state index is 0.126. The maximum atomic E-state index is 11.5. The number of nitrogens with zero attached hydrogens (tertiary/aromatic N) is 1. The highest BCUT2D eigenvalue weighted by Crippen LogP contribution is 2.31. The lowest BCUT2D eigenvalue weighted by molar-refractivity contribution is -0.385. The van der Waals surface area contributed by atoms with Gasteiger partial charge in [-0.25, -0.2) is 0 Å². The van der Waals surface area contributed by atoms with Gasteiger partial charge in [-0.15, -0.1) is 0 Å². The Morgan fingerprint density at radius 2 is 1.26 bits per heavy atom. The van der Waals surface area contributed by atoms with Crippen LogP contribution < -0.4 is 4.74 Å². The molecule has 0 radical (unpaired) electrons. The van der Waals surface area contributed by atoms with Crippen LogP contribution in [-0.4, -0.2) is 47.3 Å². The van der Waals surface area contributed by atoms with Crippen LogP contribution in [0.4, 0.5) is 5.69 Å². The van der Waals surface area contributed by atoms with E-state index in [9.17, 15) is 15.2 Å². The lowest BCUT2D eigenvalue weighted by Crippen LogP contribution is -2.61. The molecule has 1 aliphatic heterocycles. The first-order valence-electron chi connectivity index (χ1n) is 13.7. The molecule has 9 heteroatoms. The van der Waals surface area contributed by atoms with Gasteiger partial charge in [0.2, 0.25) is 6.29 Å². The average Bonchev–Trinajstić information content (AvgIpc) is 3.03. The van der Waals surface area contributed by atoms with Crippen molar-refractivity contribution in [1.29, 1.82) is 0 Å². The highest BCUT2D eigenvalue weighted by atomic mass is 16.7. The standard InChI is InChI=1S/C33H33NO8/c35-30-32(40-22-26-15-8-3-9-16-26)31(39-21-25-13-6-2-7-14-25)29(23-38-20-24-11-4-1-5-12-24)42-33(30)41-28-18-10-17-27(19-28)34(36)37/h1-19,29-33,35H,20-23H2/t29-,30-,31+,32-,33-/m1/s1. The van der Waals surface area contributed by atoms with Gasteiger partial charge in [0, 0.05) is 6.07 Å². The SMILES string of the molecule is O=[N+]([O-])c1cccc(O[C@@H]2O[C@H](COCc3ccccc3)[C@H](OCc3ccccc3)[C@H](OCc3ccccc3)[C@H]2O)c1. The van der Waals surface area contributed by atoms with E-state index in [1.54, 1.807) is 6.07 Å². The van der Waals surface area contributed by atoms with E-state index in [-0.39, 0.29) is 31.3 Å². The third-order valence-corrected chi connectivity index (χ3v) is 6.86. The molecule has 0 aromatic heterocycles. The van der Waals surface area contributed by atoms with E-state index in [2.05, 4.69) is 0 Å². The molecular formula is C33H33NO8. The Labute approximate surface area is 244 Å². The van der Waals surface area contributed by atoms with E-state index in [1.165, 1.54) is 18.2 Å². The summed E-state index contributed by atoms with van der Waals surface area (Å²) in [5.74, 6) is 0.183. The molecule has 1 N–H and O–H groups in total. The van der Waals surface area contributed by atoms with Gasteiger partial charge >= 0.3 is 0 Å². The number of rotatable bonds is 13. The number of ether oxygens (including phenoxy) is 5. The van der Waals surface area contributed by atoms with Gasteiger partial charge < -0.3 is 28.8 Å². The molecule has 4 aromatic rings. The summed E-state index contributed by atoms with van der Waals surface area (Å²) in [4.78, 5) is 10.8. The van der Waals surface area contributed by atoms with Crippen molar-refractivity contribution in [2.24, 2.45) is 0 Å². The molecule has 5 atom stereocenters. The summed E-state index contributed by atoms with van der Waals surface area (Å²) in [6, 6.07) is 34.8. The molecule has 4 aromatic carbocycles. The van der Waals surface area contributed by atoms with Crippen molar-refractivity contribution in [2.45, 2.75) is 50.5 Å². The zero-order chi connectivity index (χ0) is 29.1. The molecular weight excluding hydrogens is 538 g/mol. The molecule has 0 unspecified atom stereocenters. The van der Waals surface area contributed by atoms with Gasteiger partial charge in [-0.2, -0.15) is 0 Å². The van der Waals surface area contributed by atoms with Gasteiger partial charge in [0.05, 0.1) is 37.4 Å². The Morgan fingerprint density at radius 1 is 0.714 bits per heavy atom. The van der Waals surface area contributed by atoms with Crippen LogP contribution in [0.1, 0.15) is 16.7 Å². The highest BCUT2D eigenvalue weighted by molar-refractivity contribution is 5.38. The fraction of sp³-hybridized carbons (Fsp3) is 0.273. The van der Waals surface area contributed by atoms with Crippen LogP contribution in [0.5, 0.6) is 5.75 Å². The molecule has 1 fully saturated rings. The van der Waals surface area contributed by atoms with Crippen LogP contribution in [0.25, 0.3) is 0 Å². The quantitative estimate of drug-likeness (QED) is 0.167. The van der Waals surface area contributed by atoms with Crippen LogP contribution in [0.15, 0.2) is 115 Å². The lowest BCUT2D eigenvalue weighted by Gasteiger charge is -2.44. The number of aliphatic hydroxyl groups is 1. The Morgan fingerprint density at radius 3 is 1.83 bits per heavy atom. The molecule has 0 spiro atoms. The second-order valence-corrected chi connectivity index (χ2v) is 9.93. The van der Waals surface area contributed by atoms with Crippen LogP contribution in [0.3, 0.4) is 0 Å². The molecule has 0 amide bonds. The molecule has 1 saturated heterocycles. The number of hydrogen-bond donors (Lipinski definition) is 1. The topological polar surface area (TPSA) is 110 Å². The monoisotopic (exact) mass is 571 g/mol. The van der Waals surface area contributed by atoms with E-state index in [0.29, 0.717) is 6.61 Å². The minimum Gasteiger partial charge on any atom is -0.462 e. The van der Waals surface area contributed by atoms with Crippen molar-refractivity contribution in [2.75, 3.05) is 6.61 Å². The Bertz CT molecular complexity index is 1390. The van der Waals surface area contributed by atoms with Gasteiger partial charge in [-0.1, -0.05) is 97.1 Å². The third-order valence-electron chi connectivity index (χ3n) is 6.86. The van der Waals surface area contributed by atoms with Crippen molar-refractivity contribution in [3.63, 3.8) is 0 Å². The normalized spacial score (nSPS) is 22.0. The molecule has 5 rings (SSSR count). The van der Waals surface area contributed by atoms with Crippen LogP contribution in [0, 0.1) is 10.1 Å². The van der Waals surface area contributed by atoms with E-state index >= 15 is 0 Å². The van der Waals surface area contributed by atoms with Crippen molar-refractivity contribution < 1.29 is 33.7 Å². The molecule has 0 bridgehead atoms. The zero-order valence-corrected chi connectivity index (χ0v) is 22.9. The lowest BCUT2D eigenvalue weighted by atomic mass is 9.98. The van der Waals surface area contributed by atoms with Gasteiger partial charge in [-0.3, -0.25) is 10.1 Å². The summed E-state index contributed by atoms with van der Waals surface area (Å²) in [6.07, 6.45) is -4.75. The first kappa shape index (κ1) is 29.4. The number of nitro groups is 1. The summed E-state index contributed by atoms with van der Waals surface area (Å²) < 4.78 is 31.0. The minimum atomic E-state index is -1.28. The van der Waals surface area contributed by atoms with Crippen LogP contribution >= 0.6 is 0 Å². The predicted molar refractivity (Wildman–Crippen MR) is 155 cm³/mol. The smallest absolute Gasteiger partial charge is 0.273 e. The van der Waals surface area contributed by atoms with Crippen molar-refractivity contribution in [3.8, 4) is 5.75 Å². The first-order chi connectivity index (χ1) is 20.6. The van der Waals surface area contributed by atoms with Crippen LogP contribution in [0.2, 0.25) is 0 Å². The summed E-state index contributed by atoms with van der Waals surface area (Å²) in [7, 11) is 0. The largest absolute Gasteiger partial charge is 0.462 e. The number of nitro benzene ring substituents is 1. The zero-order valence-electron chi connectivity index (χ0n) is 22.9. The van der Waals surface area contributed by atoms with Crippen molar-refractivity contribution in [1.82, 2.24) is 0 Å². The fourth-order valence-electron chi connectivity index (χ4n) is 4.72. The summed E-state index contributed by atoms with van der Waals surface area (Å²) in [5, 5.41) is 22.8. The highest BCUT2D eigenvalue weighted by Gasteiger charge is 2.48. The van der Waals surface area contributed by atoms with Crippen molar-refractivity contribution >= 4 is 5.69 Å². The molecule has 1 aliphatic rings. The molecule has 0 aliphatic carbocycles. The second-order valence-electron chi connectivity index (χ2n) is 9.93. The van der Waals surface area contributed by atoms with Gasteiger partial charge in [0.15, 0.2) is 0 Å². The van der Waals surface area contributed by atoms with E-state index in [1.807, 2.05) is 91.0 Å². The Kier molecular flexibility index (Phi) is 10.3. The average molecular weight is 572 g/mol. The first-order valence-corrected chi connectivity index (χ1v) is 13.7. The molecule has 218 valence electrons. The number of aliphatic hydroxyl groups excluding tert-OH is 1. The summed E-state index contributed by atoms with van der Waals surface area (Å²) >= 11 is 0. The summed E-state index contributed by atoms with van der Waals surface area (Å²) in [5.41, 5.74) is 2.73. The van der Waals surface area contributed by atoms with E-state index in [4.69, 9.17) is 23.7 Å². The molecule has 1 heterocycles. The predicted octanol–water partition coefficient (Wildman–Crippen LogP) is 5.45. The van der Waals surface area contributed by atoms with Gasteiger partial charge in [0.1, 0.15) is 30.2 Å². The summed E-state index contributed by atoms with van der Waals surface area (Å²) in [6.45, 7) is 0.953.